The Labute approximate surface area is 104 Å². The summed E-state index contributed by atoms with van der Waals surface area (Å²) in [7, 11) is 1.54. The molecule has 0 heterocycles. The average molecular weight is 262 g/mol. The molecule has 0 bridgehead atoms. The van der Waals surface area contributed by atoms with E-state index in [0.717, 1.165) is 0 Å². The predicted octanol–water partition coefficient (Wildman–Crippen LogP) is 3.42. The van der Waals surface area contributed by atoms with Gasteiger partial charge < -0.3 is 15.8 Å². The largest absolute Gasteiger partial charge is 0.497 e. The van der Waals surface area contributed by atoms with Crippen LogP contribution in [-0.4, -0.2) is 19.8 Å². The van der Waals surface area contributed by atoms with Crippen molar-refractivity contribution in [1.29, 1.82) is 0 Å². The first-order valence-corrected chi connectivity index (χ1v) is 5.66. The molecule has 0 aliphatic carbocycles. The molecule has 0 atom stereocenters. The highest BCUT2D eigenvalue weighted by Gasteiger charge is 2.25. The second kappa shape index (κ2) is 6.37. The summed E-state index contributed by atoms with van der Waals surface area (Å²) in [6.07, 6.45) is -4.27. The van der Waals surface area contributed by atoms with Crippen LogP contribution in [0.4, 0.5) is 24.5 Å². The molecule has 3 N–H and O–H groups in total. The summed E-state index contributed by atoms with van der Waals surface area (Å²) in [5.74, 6) is 0.655. The molecule has 0 spiro atoms. The van der Waals surface area contributed by atoms with E-state index in [0.29, 0.717) is 30.1 Å². The summed E-state index contributed by atoms with van der Waals surface area (Å²) in [6, 6.07) is 5.14. The van der Waals surface area contributed by atoms with Crippen molar-refractivity contribution in [2.24, 2.45) is 0 Å². The first kappa shape index (κ1) is 14.5. The number of halogens is 3. The first-order chi connectivity index (χ1) is 8.42. The van der Waals surface area contributed by atoms with Crippen molar-refractivity contribution < 1.29 is 17.9 Å². The van der Waals surface area contributed by atoms with Crippen LogP contribution in [0.1, 0.15) is 19.3 Å². The minimum atomic E-state index is -4.07. The Kier molecular flexibility index (Phi) is 5.12. The smallest absolute Gasteiger partial charge is 0.389 e. The Morgan fingerprint density at radius 1 is 1.28 bits per heavy atom. The van der Waals surface area contributed by atoms with E-state index < -0.39 is 12.6 Å². The molecule has 18 heavy (non-hydrogen) atoms. The van der Waals surface area contributed by atoms with E-state index in [4.69, 9.17) is 10.5 Å². The van der Waals surface area contributed by atoms with Crippen LogP contribution in [0.3, 0.4) is 0 Å². The van der Waals surface area contributed by atoms with Gasteiger partial charge >= 0.3 is 6.18 Å². The van der Waals surface area contributed by atoms with Crippen LogP contribution in [0.5, 0.6) is 5.75 Å². The molecular weight excluding hydrogens is 245 g/mol. The van der Waals surface area contributed by atoms with Crippen LogP contribution in [0, 0.1) is 0 Å². The molecule has 0 fully saturated rings. The van der Waals surface area contributed by atoms with E-state index >= 15 is 0 Å². The number of methoxy groups -OCH3 is 1. The predicted molar refractivity (Wildman–Crippen MR) is 65.8 cm³/mol. The van der Waals surface area contributed by atoms with Gasteiger partial charge in [0.1, 0.15) is 5.75 Å². The first-order valence-electron chi connectivity index (χ1n) is 5.66. The molecule has 0 aliphatic heterocycles. The molecule has 0 radical (unpaired) electrons. The van der Waals surface area contributed by atoms with Gasteiger partial charge in [0.2, 0.25) is 0 Å². The summed E-state index contributed by atoms with van der Waals surface area (Å²) >= 11 is 0. The van der Waals surface area contributed by atoms with Gasteiger partial charge in [-0.05, 0) is 25.0 Å². The minimum absolute atomic E-state index is 0.111. The lowest BCUT2D eigenvalue weighted by Gasteiger charge is -2.11. The van der Waals surface area contributed by atoms with Gasteiger partial charge in [0.15, 0.2) is 0 Å². The molecule has 0 aliphatic rings. The molecule has 102 valence electrons. The van der Waals surface area contributed by atoms with Crippen LogP contribution in [0.25, 0.3) is 0 Å². The number of anilines is 2. The molecule has 0 aromatic heterocycles. The van der Waals surface area contributed by atoms with Crippen LogP contribution >= 0.6 is 0 Å². The Bertz CT molecular complexity index is 380. The van der Waals surface area contributed by atoms with E-state index in [1.807, 2.05) is 0 Å². The number of nitrogen functional groups attached to an aromatic ring is 1. The normalized spacial score (nSPS) is 11.3. The second-order valence-electron chi connectivity index (χ2n) is 3.95. The molecule has 6 heteroatoms. The highest BCUT2D eigenvalue weighted by molar-refractivity contribution is 5.68. The minimum Gasteiger partial charge on any atom is -0.497 e. The van der Waals surface area contributed by atoms with Crippen molar-refractivity contribution >= 4 is 11.4 Å². The van der Waals surface area contributed by atoms with Gasteiger partial charge in [0, 0.05) is 19.0 Å². The van der Waals surface area contributed by atoms with Crippen LogP contribution in [0.2, 0.25) is 0 Å². The maximum absolute atomic E-state index is 11.9. The zero-order chi connectivity index (χ0) is 13.6. The molecule has 1 aromatic carbocycles. The molecule has 1 aromatic rings. The molecule has 1 rings (SSSR count). The van der Waals surface area contributed by atoms with Crippen LogP contribution in [-0.2, 0) is 0 Å². The lowest BCUT2D eigenvalue weighted by Crippen LogP contribution is -2.09. The number of nitrogens with one attached hydrogen (secondary N) is 1. The molecular formula is C12H17F3N2O. The number of ether oxygens (including phenoxy) is 1. The fourth-order valence-corrected chi connectivity index (χ4v) is 1.49. The topological polar surface area (TPSA) is 47.3 Å². The summed E-state index contributed by atoms with van der Waals surface area (Å²) in [6.45, 7) is 0.452. The van der Waals surface area contributed by atoms with Gasteiger partial charge in [-0.15, -0.1) is 0 Å². The Morgan fingerprint density at radius 2 is 2.00 bits per heavy atom. The number of benzene rings is 1. The number of hydrogen-bond acceptors (Lipinski definition) is 3. The standard InChI is InChI=1S/C12H17F3N2O/c1-18-9-4-5-10(16)11(8-9)17-7-3-2-6-12(13,14)15/h4-5,8,17H,2-3,6-7,16H2,1H3. The number of unbranched alkanes of at least 4 members (excludes halogenated alkanes) is 1. The third-order valence-corrected chi connectivity index (χ3v) is 2.46. The van der Waals surface area contributed by atoms with Gasteiger partial charge in [-0.1, -0.05) is 0 Å². The number of alkyl halides is 3. The average Bonchev–Trinajstić information content (AvgIpc) is 2.29. The highest BCUT2D eigenvalue weighted by Crippen LogP contribution is 2.25. The molecule has 0 unspecified atom stereocenters. The van der Waals surface area contributed by atoms with Gasteiger partial charge in [-0.3, -0.25) is 0 Å². The second-order valence-corrected chi connectivity index (χ2v) is 3.95. The van der Waals surface area contributed by atoms with Crippen molar-refractivity contribution in [1.82, 2.24) is 0 Å². The summed E-state index contributed by atoms with van der Waals surface area (Å²) < 4.78 is 40.8. The maximum atomic E-state index is 11.9. The van der Waals surface area contributed by atoms with Crippen LogP contribution in [0.15, 0.2) is 18.2 Å². The van der Waals surface area contributed by atoms with Crippen molar-refractivity contribution in [3.8, 4) is 5.75 Å². The Hall–Kier alpha value is -1.59. The number of rotatable bonds is 6. The number of hydrogen-bond donors (Lipinski definition) is 2. The van der Waals surface area contributed by atoms with Crippen molar-refractivity contribution in [3.63, 3.8) is 0 Å². The third-order valence-electron chi connectivity index (χ3n) is 2.46. The monoisotopic (exact) mass is 262 g/mol. The Balaban J connectivity index is 2.35. The van der Waals surface area contributed by atoms with E-state index in [1.54, 1.807) is 25.3 Å². The summed E-state index contributed by atoms with van der Waals surface area (Å²) in [5, 5.41) is 3.00. The molecule has 0 saturated heterocycles. The van der Waals surface area contributed by atoms with Crippen molar-refractivity contribution in [3.05, 3.63) is 18.2 Å². The zero-order valence-electron chi connectivity index (χ0n) is 10.2. The number of nitrogens with two attached hydrogens (primary N) is 1. The van der Waals surface area contributed by atoms with Gasteiger partial charge in [-0.2, -0.15) is 13.2 Å². The maximum Gasteiger partial charge on any atom is 0.389 e. The van der Waals surface area contributed by atoms with Crippen molar-refractivity contribution in [2.75, 3.05) is 24.7 Å². The quantitative estimate of drug-likeness (QED) is 0.610. The zero-order valence-corrected chi connectivity index (χ0v) is 10.2. The Morgan fingerprint density at radius 3 is 2.61 bits per heavy atom. The summed E-state index contributed by atoms with van der Waals surface area (Å²) in [5.41, 5.74) is 6.96. The van der Waals surface area contributed by atoms with Crippen molar-refractivity contribution in [2.45, 2.75) is 25.4 Å². The molecule has 0 saturated carbocycles. The summed E-state index contributed by atoms with van der Waals surface area (Å²) in [4.78, 5) is 0. The fraction of sp³-hybridized carbons (Fsp3) is 0.500. The van der Waals surface area contributed by atoms with Gasteiger partial charge in [0.25, 0.3) is 0 Å². The third kappa shape index (κ3) is 5.16. The lowest BCUT2D eigenvalue weighted by atomic mass is 10.2. The van der Waals surface area contributed by atoms with E-state index in [-0.39, 0.29) is 6.42 Å². The molecule has 3 nitrogen and oxygen atoms in total. The SMILES string of the molecule is COc1ccc(N)c(NCCCCC(F)(F)F)c1. The van der Waals surface area contributed by atoms with Gasteiger partial charge in [0.05, 0.1) is 18.5 Å². The van der Waals surface area contributed by atoms with E-state index in [2.05, 4.69) is 5.32 Å². The molecule has 0 amide bonds. The van der Waals surface area contributed by atoms with E-state index in [1.165, 1.54) is 0 Å². The van der Waals surface area contributed by atoms with E-state index in [9.17, 15) is 13.2 Å². The highest BCUT2D eigenvalue weighted by atomic mass is 19.4. The lowest BCUT2D eigenvalue weighted by molar-refractivity contribution is -0.135. The van der Waals surface area contributed by atoms with Crippen LogP contribution < -0.4 is 15.8 Å². The fourth-order valence-electron chi connectivity index (χ4n) is 1.49. The van der Waals surface area contributed by atoms with Gasteiger partial charge in [-0.25, -0.2) is 0 Å².